The first-order valence-corrected chi connectivity index (χ1v) is 7.83. The van der Waals surface area contributed by atoms with E-state index in [0.717, 1.165) is 0 Å². The summed E-state index contributed by atoms with van der Waals surface area (Å²) in [5.74, 6) is -0.258. The average molecular weight is 348 g/mol. The van der Waals surface area contributed by atoms with Crippen LogP contribution < -0.4 is 10.1 Å². The summed E-state index contributed by atoms with van der Waals surface area (Å²) >= 11 is 6.05. The molecule has 1 N–H and O–H groups in total. The van der Waals surface area contributed by atoms with E-state index in [1.807, 2.05) is 6.92 Å². The van der Waals surface area contributed by atoms with Gasteiger partial charge in [-0.25, -0.2) is 4.79 Å². The highest BCUT2D eigenvalue weighted by molar-refractivity contribution is 6.32. The van der Waals surface area contributed by atoms with Gasteiger partial charge >= 0.3 is 5.97 Å². The number of carbonyl (C=O) groups excluding carboxylic acids is 2. The summed E-state index contributed by atoms with van der Waals surface area (Å²) in [4.78, 5) is 23.8. The molecule has 1 unspecified atom stereocenters. The van der Waals surface area contributed by atoms with Gasteiger partial charge in [0.1, 0.15) is 5.75 Å². The largest absolute Gasteiger partial charge is 0.479 e. The van der Waals surface area contributed by atoms with Crippen molar-refractivity contribution in [1.29, 1.82) is 0 Å². The van der Waals surface area contributed by atoms with Gasteiger partial charge in [-0.05, 0) is 42.8 Å². The van der Waals surface area contributed by atoms with Crippen molar-refractivity contribution in [1.82, 2.24) is 0 Å². The lowest BCUT2D eigenvalue weighted by Crippen LogP contribution is -2.32. The Bertz CT molecular complexity index is 715. The minimum Gasteiger partial charge on any atom is -0.479 e. The minimum absolute atomic E-state index is 0.289. The fourth-order valence-corrected chi connectivity index (χ4v) is 2.23. The lowest BCUT2D eigenvalue weighted by atomic mass is 10.2. The van der Waals surface area contributed by atoms with Gasteiger partial charge in [-0.2, -0.15) is 0 Å². The van der Waals surface area contributed by atoms with Crippen LogP contribution in [-0.2, 0) is 9.53 Å². The van der Waals surface area contributed by atoms with Gasteiger partial charge in [0.2, 0.25) is 0 Å². The van der Waals surface area contributed by atoms with Crippen LogP contribution in [0, 0.1) is 0 Å². The van der Waals surface area contributed by atoms with Gasteiger partial charge in [-0.1, -0.05) is 30.7 Å². The molecule has 2 aromatic carbocycles. The van der Waals surface area contributed by atoms with Crippen LogP contribution in [0.4, 0.5) is 5.69 Å². The molecule has 1 atom stereocenters. The third-order valence-corrected chi connectivity index (χ3v) is 3.65. The van der Waals surface area contributed by atoms with Crippen molar-refractivity contribution in [3.8, 4) is 5.75 Å². The van der Waals surface area contributed by atoms with Gasteiger partial charge in [-0.3, -0.25) is 4.79 Å². The number of esters is 1. The van der Waals surface area contributed by atoms with Crippen molar-refractivity contribution in [3.05, 3.63) is 59.1 Å². The zero-order chi connectivity index (χ0) is 17.5. The smallest absolute Gasteiger partial charge is 0.337 e. The molecule has 0 fully saturated rings. The molecular weight excluding hydrogens is 330 g/mol. The van der Waals surface area contributed by atoms with Crippen LogP contribution in [0.2, 0.25) is 5.02 Å². The maximum Gasteiger partial charge on any atom is 0.337 e. The quantitative estimate of drug-likeness (QED) is 0.804. The molecule has 0 spiro atoms. The molecule has 5 nitrogen and oxygen atoms in total. The van der Waals surface area contributed by atoms with Gasteiger partial charge in [0.25, 0.3) is 5.91 Å². The molecule has 126 valence electrons. The fraction of sp³-hybridized carbons (Fsp3) is 0.222. The molecule has 0 aliphatic heterocycles. The number of benzene rings is 2. The second-order valence-electron chi connectivity index (χ2n) is 5.00. The van der Waals surface area contributed by atoms with E-state index in [2.05, 4.69) is 10.1 Å². The number of nitrogens with one attached hydrogen (secondary N) is 1. The molecular formula is C18H18ClNO4. The summed E-state index contributed by atoms with van der Waals surface area (Å²) in [6, 6.07) is 13.4. The second-order valence-corrected chi connectivity index (χ2v) is 5.41. The van der Waals surface area contributed by atoms with E-state index in [1.165, 1.54) is 7.11 Å². The Kier molecular flexibility index (Phi) is 6.21. The number of anilines is 1. The molecule has 1 amide bonds. The molecule has 6 heteroatoms. The maximum atomic E-state index is 12.4. The van der Waals surface area contributed by atoms with E-state index in [0.29, 0.717) is 28.4 Å². The van der Waals surface area contributed by atoms with E-state index >= 15 is 0 Å². The second kappa shape index (κ2) is 8.36. The summed E-state index contributed by atoms with van der Waals surface area (Å²) < 4.78 is 10.3. The molecule has 2 aromatic rings. The van der Waals surface area contributed by atoms with Crippen molar-refractivity contribution in [3.63, 3.8) is 0 Å². The molecule has 24 heavy (non-hydrogen) atoms. The summed E-state index contributed by atoms with van der Waals surface area (Å²) in [7, 11) is 1.32. The van der Waals surface area contributed by atoms with E-state index in [1.54, 1.807) is 48.5 Å². The van der Waals surface area contributed by atoms with E-state index in [-0.39, 0.29) is 5.91 Å². The normalized spacial score (nSPS) is 11.5. The maximum absolute atomic E-state index is 12.4. The molecule has 0 aliphatic rings. The number of para-hydroxylation sites is 1. The van der Waals surface area contributed by atoms with Gasteiger partial charge < -0.3 is 14.8 Å². The average Bonchev–Trinajstić information content (AvgIpc) is 2.61. The van der Waals surface area contributed by atoms with Crippen LogP contribution in [-0.4, -0.2) is 25.1 Å². The first kappa shape index (κ1) is 17.8. The summed E-state index contributed by atoms with van der Waals surface area (Å²) in [6.45, 7) is 1.85. The molecule has 0 aliphatic carbocycles. The molecule has 0 bridgehead atoms. The van der Waals surface area contributed by atoms with E-state index in [4.69, 9.17) is 16.3 Å². The lowest BCUT2D eigenvalue weighted by molar-refractivity contribution is -0.122. The first-order valence-electron chi connectivity index (χ1n) is 7.45. The van der Waals surface area contributed by atoms with Gasteiger partial charge in [0, 0.05) is 5.69 Å². The number of methoxy groups -OCH3 is 1. The van der Waals surface area contributed by atoms with Crippen LogP contribution >= 0.6 is 11.6 Å². The fourth-order valence-electron chi connectivity index (χ4n) is 2.05. The number of carbonyl (C=O) groups is 2. The van der Waals surface area contributed by atoms with E-state index < -0.39 is 12.1 Å². The highest BCUT2D eigenvalue weighted by atomic mass is 35.5. The van der Waals surface area contributed by atoms with Crippen LogP contribution in [0.25, 0.3) is 0 Å². The Labute approximate surface area is 145 Å². The van der Waals surface area contributed by atoms with Crippen molar-refractivity contribution < 1.29 is 19.1 Å². The number of ether oxygens (including phenoxy) is 2. The molecule has 0 saturated carbocycles. The molecule has 0 radical (unpaired) electrons. The molecule has 2 rings (SSSR count). The number of rotatable bonds is 6. The van der Waals surface area contributed by atoms with Crippen LogP contribution in [0.1, 0.15) is 23.7 Å². The van der Waals surface area contributed by atoms with Crippen molar-refractivity contribution >= 4 is 29.2 Å². The van der Waals surface area contributed by atoms with Crippen LogP contribution in [0.5, 0.6) is 5.75 Å². The first-order chi connectivity index (χ1) is 11.5. The van der Waals surface area contributed by atoms with Gasteiger partial charge in [0.15, 0.2) is 6.10 Å². The Balaban J connectivity index is 2.04. The predicted molar refractivity (Wildman–Crippen MR) is 92.6 cm³/mol. The summed E-state index contributed by atoms with van der Waals surface area (Å²) in [6.07, 6.45) is -0.192. The van der Waals surface area contributed by atoms with Gasteiger partial charge in [0.05, 0.1) is 17.7 Å². The topological polar surface area (TPSA) is 64.6 Å². The Morgan fingerprint density at radius 3 is 2.38 bits per heavy atom. The molecule has 0 heterocycles. The zero-order valence-corrected chi connectivity index (χ0v) is 14.2. The number of halogens is 1. The number of hydrogen-bond donors (Lipinski definition) is 1. The third-order valence-electron chi connectivity index (χ3n) is 3.34. The van der Waals surface area contributed by atoms with Crippen molar-refractivity contribution in [2.75, 3.05) is 12.4 Å². The van der Waals surface area contributed by atoms with Crippen LogP contribution in [0.15, 0.2) is 48.5 Å². The van der Waals surface area contributed by atoms with E-state index in [9.17, 15) is 9.59 Å². The standard InChI is InChI=1S/C18H18ClNO4/c1-3-15(24-16-7-5-4-6-14(16)19)17(21)20-13-10-8-12(9-11-13)18(22)23-2/h4-11,15H,3H2,1-2H3,(H,20,21). The van der Waals surface area contributed by atoms with Gasteiger partial charge in [-0.15, -0.1) is 0 Å². The summed E-state index contributed by atoms with van der Waals surface area (Å²) in [5.41, 5.74) is 0.976. The number of hydrogen-bond acceptors (Lipinski definition) is 4. The Morgan fingerprint density at radius 2 is 1.79 bits per heavy atom. The number of amides is 1. The van der Waals surface area contributed by atoms with Crippen LogP contribution in [0.3, 0.4) is 0 Å². The van der Waals surface area contributed by atoms with Crippen molar-refractivity contribution in [2.24, 2.45) is 0 Å². The monoisotopic (exact) mass is 347 g/mol. The SMILES string of the molecule is CCC(Oc1ccccc1Cl)C(=O)Nc1ccc(C(=O)OC)cc1. The summed E-state index contributed by atoms with van der Waals surface area (Å²) in [5, 5.41) is 3.21. The zero-order valence-electron chi connectivity index (χ0n) is 13.4. The Morgan fingerprint density at radius 1 is 1.12 bits per heavy atom. The molecule has 0 saturated heterocycles. The molecule has 0 aromatic heterocycles. The highest BCUT2D eigenvalue weighted by Gasteiger charge is 2.19. The highest BCUT2D eigenvalue weighted by Crippen LogP contribution is 2.25. The minimum atomic E-state index is -0.676. The predicted octanol–water partition coefficient (Wildman–Crippen LogP) is 3.92. The third kappa shape index (κ3) is 4.49. The Hall–Kier alpha value is -2.53. The van der Waals surface area contributed by atoms with Crippen molar-refractivity contribution in [2.45, 2.75) is 19.4 Å². The lowest BCUT2D eigenvalue weighted by Gasteiger charge is -2.18.